The summed E-state index contributed by atoms with van der Waals surface area (Å²) in [5, 5.41) is 20.2. The number of aromatic nitrogens is 5. The molecule has 8 nitrogen and oxygen atoms in total. The highest BCUT2D eigenvalue weighted by atomic mass is 16.5. The van der Waals surface area contributed by atoms with Crippen molar-refractivity contribution in [3.8, 4) is 11.5 Å². The average Bonchev–Trinajstić information content (AvgIpc) is 2.85. The number of methoxy groups -OCH3 is 1. The molecule has 0 bridgehead atoms. The van der Waals surface area contributed by atoms with Crippen molar-refractivity contribution in [3.63, 3.8) is 0 Å². The van der Waals surface area contributed by atoms with Gasteiger partial charge in [-0.2, -0.15) is 0 Å². The molecule has 20 heavy (non-hydrogen) atoms. The van der Waals surface area contributed by atoms with E-state index in [1.807, 2.05) is 19.1 Å². The van der Waals surface area contributed by atoms with Crippen molar-refractivity contribution in [3.05, 3.63) is 23.9 Å². The molecule has 2 aromatic heterocycles. The SMILES string of the molecule is COC(CC(=O)O)Cn1nnnc1-c1cccc(C)n1. The van der Waals surface area contributed by atoms with E-state index < -0.39 is 12.1 Å². The van der Waals surface area contributed by atoms with Crippen LogP contribution in [0.2, 0.25) is 0 Å². The van der Waals surface area contributed by atoms with Crippen molar-refractivity contribution >= 4 is 5.97 Å². The van der Waals surface area contributed by atoms with Crippen LogP contribution in [0.15, 0.2) is 18.2 Å². The fourth-order valence-corrected chi connectivity index (χ4v) is 1.79. The van der Waals surface area contributed by atoms with Gasteiger partial charge in [-0.25, -0.2) is 9.67 Å². The Labute approximate surface area is 115 Å². The largest absolute Gasteiger partial charge is 0.481 e. The summed E-state index contributed by atoms with van der Waals surface area (Å²) >= 11 is 0. The number of aliphatic carboxylic acids is 1. The number of carboxylic acid groups (broad SMARTS) is 1. The van der Waals surface area contributed by atoms with Gasteiger partial charge in [0.15, 0.2) is 0 Å². The molecule has 2 heterocycles. The lowest BCUT2D eigenvalue weighted by Gasteiger charge is -2.13. The standard InChI is InChI=1S/C12H15N5O3/c1-8-4-3-5-10(13-8)12-14-15-16-17(12)7-9(20-2)6-11(18)19/h3-5,9H,6-7H2,1-2H3,(H,18,19). The minimum atomic E-state index is -0.930. The Bertz CT molecular complexity index is 598. The zero-order chi connectivity index (χ0) is 14.5. The highest BCUT2D eigenvalue weighted by Gasteiger charge is 2.17. The van der Waals surface area contributed by atoms with Crippen LogP contribution in [0.25, 0.3) is 11.5 Å². The number of hydrogen-bond donors (Lipinski definition) is 1. The van der Waals surface area contributed by atoms with Crippen LogP contribution in [0.4, 0.5) is 0 Å². The summed E-state index contributed by atoms with van der Waals surface area (Å²) in [7, 11) is 1.46. The van der Waals surface area contributed by atoms with E-state index in [-0.39, 0.29) is 13.0 Å². The van der Waals surface area contributed by atoms with Gasteiger partial charge in [0.25, 0.3) is 0 Å². The van der Waals surface area contributed by atoms with Crippen LogP contribution in [0, 0.1) is 6.92 Å². The molecule has 106 valence electrons. The molecular formula is C12H15N5O3. The molecule has 0 amide bonds. The zero-order valence-corrected chi connectivity index (χ0v) is 11.2. The Hall–Kier alpha value is -2.35. The molecule has 0 aliphatic heterocycles. The molecule has 0 saturated carbocycles. The van der Waals surface area contributed by atoms with E-state index in [1.165, 1.54) is 11.8 Å². The Morgan fingerprint density at radius 2 is 2.30 bits per heavy atom. The minimum Gasteiger partial charge on any atom is -0.481 e. The molecule has 0 radical (unpaired) electrons. The van der Waals surface area contributed by atoms with Gasteiger partial charge in [-0.1, -0.05) is 6.07 Å². The number of ether oxygens (including phenoxy) is 1. The van der Waals surface area contributed by atoms with Gasteiger partial charge < -0.3 is 9.84 Å². The highest BCUT2D eigenvalue weighted by molar-refractivity contribution is 5.67. The van der Waals surface area contributed by atoms with Crippen LogP contribution in [0.5, 0.6) is 0 Å². The molecule has 0 fully saturated rings. The fourth-order valence-electron chi connectivity index (χ4n) is 1.79. The third kappa shape index (κ3) is 3.35. The van der Waals surface area contributed by atoms with E-state index >= 15 is 0 Å². The summed E-state index contributed by atoms with van der Waals surface area (Å²) in [6, 6.07) is 5.54. The van der Waals surface area contributed by atoms with Crippen LogP contribution in [0.1, 0.15) is 12.1 Å². The molecule has 0 spiro atoms. The van der Waals surface area contributed by atoms with E-state index in [4.69, 9.17) is 9.84 Å². The second-order valence-electron chi connectivity index (χ2n) is 4.30. The summed E-state index contributed by atoms with van der Waals surface area (Å²) in [4.78, 5) is 15.1. The van der Waals surface area contributed by atoms with Gasteiger partial charge in [-0.05, 0) is 29.5 Å². The third-order valence-corrected chi connectivity index (χ3v) is 2.76. The number of carboxylic acids is 1. The number of aryl methyl sites for hydroxylation is 1. The number of rotatable bonds is 6. The van der Waals surface area contributed by atoms with Crippen molar-refractivity contribution in [1.82, 2.24) is 25.2 Å². The first-order chi connectivity index (χ1) is 9.60. The van der Waals surface area contributed by atoms with Crippen molar-refractivity contribution < 1.29 is 14.6 Å². The van der Waals surface area contributed by atoms with Crippen molar-refractivity contribution in [1.29, 1.82) is 0 Å². The van der Waals surface area contributed by atoms with Gasteiger partial charge in [0, 0.05) is 12.8 Å². The zero-order valence-electron chi connectivity index (χ0n) is 11.2. The number of carbonyl (C=O) groups is 1. The molecule has 8 heteroatoms. The first kappa shape index (κ1) is 14.1. The van der Waals surface area contributed by atoms with Crippen LogP contribution >= 0.6 is 0 Å². The summed E-state index contributed by atoms with van der Waals surface area (Å²) in [5.74, 6) is -0.443. The number of tetrazole rings is 1. The molecule has 0 saturated heterocycles. The number of nitrogens with zero attached hydrogens (tertiary/aromatic N) is 5. The number of pyridine rings is 1. The van der Waals surface area contributed by atoms with Gasteiger partial charge in [0.1, 0.15) is 5.69 Å². The third-order valence-electron chi connectivity index (χ3n) is 2.76. The maximum Gasteiger partial charge on any atom is 0.306 e. The molecule has 0 aliphatic rings. The van der Waals surface area contributed by atoms with Gasteiger partial charge in [0.05, 0.1) is 19.1 Å². The molecule has 1 unspecified atom stereocenters. The molecule has 1 N–H and O–H groups in total. The summed E-state index contributed by atoms with van der Waals surface area (Å²) in [5.41, 5.74) is 1.49. The Kier molecular flexibility index (Phi) is 4.36. The molecule has 0 aliphatic carbocycles. The van der Waals surface area contributed by atoms with E-state index in [0.29, 0.717) is 11.5 Å². The van der Waals surface area contributed by atoms with Crippen molar-refractivity contribution in [2.75, 3.05) is 7.11 Å². The maximum absolute atomic E-state index is 10.7. The monoisotopic (exact) mass is 277 g/mol. The first-order valence-electron chi connectivity index (χ1n) is 6.05. The van der Waals surface area contributed by atoms with Crippen LogP contribution in [0.3, 0.4) is 0 Å². The van der Waals surface area contributed by atoms with Gasteiger partial charge >= 0.3 is 5.97 Å². The molecule has 2 rings (SSSR count). The van der Waals surface area contributed by atoms with Gasteiger partial charge in [-0.3, -0.25) is 4.79 Å². The Balaban J connectivity index is 2.22. The average molecular weight is 277 g/mol. The van der Waals surface area contributed by atoms with Crippen LogP contribution < -0.4 is 0 Å². The normalized spacial score (nSPS) is 12.3. The Morgan fingerprint density at radius 3 is 2.95 bits per heavy atom. The lowest BCUT2D eigenvalue weighted by Crippen LogP contribution is -2.23. The predicted molar refractivity (Wildman–Crippen MR) is 68.8 cm³/mol. The smallest absolute Gasteiger partial charge is 0.306 e. The van der Waals surface area contributed by atoms with E-state index in [9.17, 15) is 4.79 Å². The summed E-state index contributed by atoms with van der Waals surface area (Å²) in [6.45, 7) is 2.13. The van der Waals surface area contributed by atoms with E-state index in [0.717, 1.165) is 5.69 Å². The quantitative estimate of drug-likeness (QED) is 0.821. The van der Waals surface area contributed by atoms with Gasteiger partial charge in [0.2, 0.25) is 5.82 Å². The van der Waals surface area contributed by atoms with Crippen LogP contribution in [-0.2, 0) is 16.1 Å². The van der Waals surface area contributed by atoms with E-state index in [1.54, 1.807) is 6.07 Å². The fraction of sp³-hybridized carbons (Fsp3) is 0.417. The van der Waals surface area contributed by atoms with E-state index in [2.05, 4.69) is 20.5 Å². The van der Waals surface area contributed by atoms with Crippen molar-refractivity contribution in [2.45, 2.75) is 26.0 Å². The minimum absolute atomic E-state index is 0.114. The topological polar surface area (TPSA) is 103 Å². The highest BCUT2D eigenvalue weighted by Crippen LogP contribution is 2.14. The summed E-state index contributed by atoms with van der Waals surface area (Å²) in [6.07, 6.45) is -0.614. The predicted octanol–water partition coefficient (Wildman–Crippen LogP) is 0.533. The molecule has 1 atom stereocenters. The lowest BCUT2D eigenvalue weighted by molar-refractivity contribution is -0.139. The van der Waals surface area contributed by atoms with Crippen LogP contribution in [-0.4, -0.2) is 49.5 Å². The second-order valence-corrected chi connectivity index (χ2v) is 4.30. The van der Waals surface area contributed by atoms with Gasteiger partial charge in [-0.15, -0.1) is 5.10 Å². The molecule has 2 aromatic rings. The molecular weight excluding hydrogens is 262 g/mol. The summed E-state index contributed by atoms with van der Waals surface area (Å²) < 4.78 is 6.63. The maximum atomic E-state index is 10.7. The first-order valence-corrected chi connectivity index (χ1v) is 6.05. The lowest BCUT2D eigenvalue weighted by atomic mass is 10.2. The van der Waals surface area contributed by atoms with Crippen molar-refractivity contribution in [2.24, 2.45) is 0 Å². The molecule has 0 aromatic carbocycles. The second kappa shape index (κ2) is 6.20. The Morgan fingerprint density at radius 1 is 1.50 bits per heavy atom. The number of hydrogen-bond acceptors (Lipinski definition) is 6.